The number of halogens is 1. The van der Waals surface area contributed by atoms with E-state index in [0.29, 0.717) is 41.4 Å². The molecular formula is C18H18BrNO5S. The predicted octanol–water partition coefficient (Wildman–Crippen LogP) is 3.58. The van der Waals surface area contributed by atoms with Gasteiger partial charge in [-0.2, -0.15) is 0 Å². The molecule has 1 fully saturated rings. The second-order valence-electron chi connectivity index (χ2n) is 5.63. The number of methoxy groups -OCH3 is 1. The van der Waals surface area contributed by atoms with Crippen molar-refractivity contribution in [1.82, 2.24) is 4.90 Å². The summed E-state index contributed by atoms with van der Waals surface area (Å²) in [6.45, 7) is 3.36. The lowest BCUT2D eigenvalue weighted by Gasteiger charge is -2.26. The molecule has 0 aliphatic carbocycles. The van der Waals surface area contributed by atoms with Gasteiger partial charge in [-0.25, -0.2) is 0 Å². The Labute approximate surface area is 163 Å². The van der Waals surface area contributed by atoms with Crippen LogP contribution in [-0.4, -0.2) is 50.2 Å². The van der Waals surface area contributed by atoms with Crippen molar-refractivity contribution < 1.29 is 23.8 Å². The van der Waals surface area contributed by atoms with Crippen LogP contribution in [0.5, 0.6) is 11.5 Å². The van der Waals surface area contributed by atoms with Crippen LogP contribution >= 0.6 is 27.3 Å². The zero-order valence-corrected chi connectivity index (χ0v) is 16.8. The van der Waals surface area contributed by atoms with Gasteiger partial charge in [0, 0.05) is 20.0 Å². The lowest BCUT2D eigenvalue weighted by molar-refractivity contribution is -0.131. The van der Waals surface area contributed by atoms with E-state index >= 15 is 0 Å². The molecule has 0 bridgehead atoms. The number of amides is 1. The van der Waals surface area contributed by atoms with Crippen molar-refractivity contribution in [3.63, 3.8) is 0 Å². The van der Waals surface area contributed by atoms with E-state index < -0.39 is 5.97 Å². The molecule has 1 aromatic carbocycles. The second kappa shape index (κ2) is 8.20. The number of esters is 1. The summed E-state index contributed by atoms with van der Waals surface area (Å²) in [6, 6.07) is 7.50. The molecule has 1 amide bonds. The van der Waals surface area contributed by atoms with Crippen LogP contribution in [0.25, 0.3) is 10.4 Å². The topological polar surface area (TPSA) is 65.1 Å². The van der Waals surface area contributed by atoms with Crippen LogP contribution in [0.1, 0.15) is 16.6 Å². The van der Waals surface area contributed by atoms with Crippen molar-refractivity contribution in [2.24, 2.45) is 0 Å². The molecule has 1 saturated heterocycles. The number of nitrogens with zero attached hydrogens (tertiary/aromatic N) is 1. The van der Waals surface area contributed by atoms with Crippen LogP contribution < -0.4 is 9.47 Å². The quantitative estimate of drug-likeness (QED) is 0.681. The number of hydrogen-bond donors (Lipinski definition) is 0. The van der Waals surface area contributed by atoms with Gasteiger partial charge in [0.1, 0.15) is 10.6 Å². The minimum absolute atomic E-state index is 0.163. The molecule has 1 aromatic heterocycles. The summed E-state index contributed by atoms with van der Waals surface area (Å²) in [5, 5.41) is 0. The first kappa shape index (κ1) is 18.9. The Kier molecular flexibility index (Phi) is 5.95. The summed E-state index contributed by atoms with van der Waals surface area (Å²) in [6.07, 6.45) is 0. The Hall–Kier alpha value is -1.90. The zero-order chi connectivity index (χ0) is 18.7. The SMILES string of the molecule is COc1cccc(-c2sc(C(=O)N3CCOCC3)c(OC(C)=O)c2Br)c1. The van der Waals surface area contributed by atoms with Gasteiger partial charge in [0.05, 0.1) is 29.7 Å². The first-order chi connectivity index (χ1) is 12.5. The number of ether oxygens (including phenoxy) is 3. The second-order valence-corrected chi connectivity index (χ2v) is 7.45. The molecule has 0 N–H and O–H groups in total. The minimum atomic E-state index is -0.475. The fraction of sp³-hybridized carbons (Fsp3) is 0.333. The highest BCUT2D eigenvalue weighted by Crippen LogP contribution is 2.46. The predicted molar refractivity (Wildman–Crippen MR) is 102 cm³/mol. The van der Waals surface area contributed by atoms with Crippen LogP contribution in [-0.2, 0) is 9.53 Å². The smallest absolute Gasteiger partial charge is 0.308 e. The number of benzene rings is 1. The van der Waals surface area contributed by atoms with Gasteiger partial charge in [0.15, 0.2) is 5.75 Å². The Morgan fingerprint density at radius 2 is 2.00 bits per heavy atom. The van der Waals surface area contributed by atoms with Crippen LogP contribution in [0.2, 0.25) is 0 Å². The van der Waals surface area contributed by atoms with Gasteiger partial charge < -0.3 is 19.1 Å². The highest BCUT2D eigenvalue weighted by atomic mass is 79.9. The van der Waals surface area contributed by atoms with E-state index in [-0.39, 0.29) is 11.7 Å². The molecule has 1 aliphatic heterocycles. The molecule has 0 atom stereocenters. The van der Waals surface area contributed by atoms with E-state index in [0.717, 1.165) is 10.4 Å². The van der Waals surface area contributed by atoms with E-state index in [1.54, 1.807) is 12.0 Å². The highest BCUT2D eigenvalue weighted by molar-refractivity contribution is 9.10. The lowest BCUT2D eigenvalue weighted by atomic mass is 10.2. The largest absolute Gasteiger partial charge is 0.497 e. The van der Waals surface area contributed by atoms with Gasteiger partial charge in [0.2, 0.25) is 0 Å². The number of carbonyl (C=O) groups is 2. The van der Waals surface area contributed by atoms with Crippen LogP contribution in [0, 0.1) is 0 Å². The van der Waals surface area contributed by atoms with E-state index in [1.807, 2.05) is 24.3 Å². The van der Waals surface area contributed by atoms with Crippen molar-refractivity contribution >= 4 is 39.1 Å². The van der Waals surface area contributed by atoms with Crippen LogP contribution in [0.3, 0.4) is 0 Å². The molecule has 0 unspecified atom stereocenters. The van der Waals surface area contributed by atoms with Crippen molar-refractivity contribution in [2.75, 3.05) is 33.4 Å². The minimum Gasteiger partial charge on any atom is -0.497 e. The average Bonchev–Trinajstić information content (AvgIpc) is 2.98. The van der Waals surface area contributed by atoms with E-state index in [1.165, 1.54) is 18.3 Å². The fourth-order valence-corrected chi connectivity index (χ4v) is 4.60. The number of morpholine rings is 1. The standard InChI is InChI=1S/C18H18BrNO5S/c1-11(21)25-15-14(19)16(12-4-3-5-13(10-12)23-2)26-17(15)18(22)20-6-8-24-9-7-20/h3-5,10H,6-9H2,1-2H3. The molecule has 0 radical (unpaired) electrons. The summed E-state index contributed by atoms with van der Waals surface area (Å²) >= 11 is 4.79. The normalized spacial score (nSPS) is 14.2. The molecule has 3 rings (SSSR count). The van der Waals surface area contributed by atoms with Gasteiger partial charge >= 0.3 is 5.97 Å². The Morgan fingerprint density at radius 1 is 1.27 bits per heavy atom. The average molecular weight is 440 g/mol. The molecular weight excluding hydrogens is 422 g/mol. The molecule has 0 saturated carbocycles. The number of hydrogen-bond acceptors (Lipinski definition) is 6. The third-order valence-corrected chi connectivity index (χ3v) is 6.11. The van der Waals surface area contributed by atoms with Crippen molar-refractivity contribution in [1.29, 1.82) is 0 Å². The summed E-state index contributed by atoms with van der Waals surface area (Å²) in [5.41, 5.74) is 0.871. The van der Waals surface area contributed by atoms with E-state index in [4.69, 9.17) is 14.2 Å². The lowest BCUT2D eigenvalue weighted by Crippen LogP contribution is -2.40. The zero-order valence-electron chi connectivity index (χ0n) is 14.4. The van der Waals surface area contributed by atoms with E-state index in [2.05, 4.69) is 15.9 Å². The number of rotatable bonds is 4. The molecule has 1 aliphatic rings. The first-order valence-electron chi connectivity index (χ1n) is 8.03. The monoisotopic (exact) mass is 439 g/mol. The Bertz CT molecular complexity index is 829. The van der Waals surface area contributed by atoms with Gasteiger partial charge in [-0.3, -0.25) is 9.59 Å². The van der Waals surface area contributed by atoms with E-state index in [9.17, 15) is 9.59 Å². The molecule has 26 heavy (non-hydrogen) atoms. The maximum atomic E-state index is 13.0. The molecule has 138 valence electrons. The number of thiophene rings is 1. The van der Waals surface area contributed by atoms with Gasteiger partial charge in [0.25, 0.3) is 5.91 Å². The van der Waals surface area contributed by atoms with Gasteiger partial charge in [-0.05, 0) is 33.6 Å². The van der Waals surface area contributed by atoms with Crippen molar-refractivity contribution in [3.05, 3.63) is 33.6 Å². The summed E-state index contributed by atoms with van der Waals surface area (Å²) in [7, 11) is 1.60. The van der Waals surface area contributed by atoms with Crippen LogP contribution in [0.4, 0.5) is 0 Å². The molecule has 0 spiro atoms. The Morgan fingerprint density at radius 3 is 2.65 bits per heavy atom. The van der Waals surface area contributed by atoms with Crippen molar-refractivity contribution in [3.8, 4) is 21.9 Å². The van der Waals surface area contributed by atoms with Crippen molar-refractivity contribution in [2.45, 2.75) is 6.92 Å². The third-order valence-electron chi connectivity index (χ3n) is 3.88. The van der Waals surface area contributed by atoms with Gasteiger partial charge in [-0.15, -0.1) is 11.3 Å². The molecule has 6 nitrogen and oxygen atoms in total. The summed E-state index contributed by atoms with van der Waals surface area (Å²) in [4.78, 5) is 27.4. The maximum absolute atomic E-state index is 13.0. The summed E-state index contributed by atoms with van der Waals surface area (Å²) < 4.78 is 16.5. The third kappa shape index (κ3) is 3.92. The molecule has 2 aromatic rings. The Balaban J connectivity index is 2.05. The van der Waals surface area contributed by atoms with Gasteiger partial charge in [-0.1, -0.05) is 12.1 Å². The summed E-state index contributed by atoms with van der Waals surface area (Å²) in [5.74, 6) is 0.329. The fourth-order valence-electron chi connectivity index (χ4n) is 2.63. The molecule has 2 heterocycles. The number of carbonyl (C=O) groups excluding carboxylic acids is 2. The molecule has 8 heteroatoms. The maximum Gasteiger partial charge on any atom is 0.308 e. The van der Waals surface area contributed by atoms with Crippen LogP contribution in [0.15, 0.2) is 28.7 Å². The first-order valence-corrected chi connectivity index (χ1v) is 9.64. The highest BCUT2D eigenvalue weighted by Gasteiger charge is 2.29.